The third-order valence-electron chi connectivity index (χ3n) is 3.88. The quantitative estimate of drug-likeness (QED) is 0.832. The van der Waals surface area contributed by atoms with E-state index in [2.05, 4.69) is 5.10 Å². The number of rotatable bonds is 4. The first-order valence-electron chi connectivity index (χ1n) is 7.68. The Bertz CT molecular complexity index is 1020. The predicted octanol–water partition coefficient (Wildman–Crippen LogP) is 2.15. The van der Waals surface area contributed by atoms with Gasteiger partial charge < -0.3 is 4.74 Å². The smallest absolute Gasteiger partial charge is 0.280 e. The number of amides is 1. The lowest BCUT2D eigenvalue weighted by atomic mass is 10.1. The van der Waals surface area contributed by atoms with Crippen LogP contribution in [0.5, 0.6) is 5.75 Å². The van der Waals surface area contributed by atoms with Crippen molar-refractivity contribution in [2.45, 2.75) is 11.8 Å². The molecule has 0 saturated carbocycles. The second kappa shape index (κ2) is 6.74. The zero-order valence-electron chi connectivity index (χ0n) is 14.2. The molecule has 2 N–H and O–H groups in total. The maximum Gasteiger partial charge on any atom is 0.280 e. The van der Waals surface area contributed by atoms with Gasteiger partial charge in [0.15, 0.2) is 0 Å². The Kier molecular flexibility index (Phi) is 4.62. The van der Waals surface area contributed by atoms with Crippen molar-refractivity contribution in [1.82, 2.24) is 0 Å². The minimum absolute atomic E-state index is 0.0271. The number of hydrogen-bond acceptors (Lipinski definition) is 5. The van der Waals surface area contributed by atoms with E-state index in [1.165, 1.54) is 29.3 Å². The van der Waals surface area contributed by atoms with Crippen molar-refractivity contribution in [2.75, 3.05) is 12.1 Å². The number of carbonyl (C=O) groups excluding carboxylic acids is 1. The Balaban J connectivity index is 1.91. The van der Waals surface area contributed by atoms with Crippen LogP contribution < -0.4 is 14.9 Å². The van der Waals surface area contributed by atoms with Gasteiger partial charge in [-0.15, -0.1) is 0 Å². The van der Waals surface area contributed by atoms with Crippen LogP contribution in [0.1, 0.15) is 12.5 Å². The lowest BCUT2D eigenvalue weighted by Gasteiger charge is -2.12. The molecule has 1 aliphatic rings. The van der Waals surface area contributed by atoms with Crippen LogP contribution in [0.15, 0.2) is 64.1 Å². The molecule has 7 nitrogen and oxygen atoms in total. The highest BCUT2D eigenvalue weighted by Gasteiger charge is 2.28. The second-order valence-corrected chi connectivity index (χ2v) is 7.24. The van der Waals surface area contributed by atoms with Gasteiger partial charge in [-0.05, 0) is 55.0 Å². The number of sulfonamides is 1. The van der Waals surface area contributed by atoms with Gasteiger partial charge >= 0.3 is 0 Å². The molecule has 1 aliphatic heterocycles. The topological polar surface area (TPSA) is 102 Å². The summed E-state index contributed by atoms with van der Waals surface area (Å²) in [4.78, 5) is 12.7. The van der Waals surface area contributed by atoms with Gasteiger partial charge in [-0.25, -0.2) is 13.6 Å². The zero-order chi connectivity index (χ0) is 18.9. The number of ether oxygens (including phenoxy) is 1. The number of anilines is 1. The lowest BCUT2D eigenvalue weighted by Crippen LogP contribution is -2.21. The summed E-state index contributed by atoms with van der Waals surface area (Å²) in [5.41, 5.74) is 2.28. The molecule has 0 fully saturated rings. The van der Waals surface area contributed by atoms with Crippen LogP contribution in [0.3, 0.4) is 0 Å². The van der Waals surface area contributed by atoms with Gasteiger partial charge in [-0.2, -0.15) is 10.1 Å². The van der Waals surface area contributed by atoms with E-state index >= 15 is 0 Å². The Hall–Kier alpha value is -2.97. The van der Waals surface area contributed by atoms with Gasteiger partial charge in [-0.1, -0.05) is 12.1 Å². The van der Waals surface area contributed by atoms with E-state index in [1.807, 2.05) is 24.3 Å². The van der Waals surface area contributed by atoms with Crippen LogP contribution in [-0.4, -0.2) is 27.1 Å². The van der Waals surface area contributed by atoms with Crippen molar-refractivity contribution in [2.24, 2.45) is 10.2 Å². The number of methoxy groups -OCH3 is 1. The van der Waals surface area contributed by atoms with Gasteiger partial charge in [0, 0.05) is 0 Å². The molecule has 0 spiro atoms. The Labute approximate surface area is 151 Å². The molecule has 0 radical (unpaired) electrons. The van der Waals surface area contributed by atoms with Crippen molar-refractivity contribution in [3.63, 3.8) is 0 Å². The summed E-state index contributed by atoms with van der Waals surface area (Å²) >= 11 is 0. The average Bonchev–Trinajstić information content (AvgIpc) is 2.89. The molecule has 0 aromatic heterocycles. The molecule has 8 heteroatoms. The zero-order valence-corrected chi connectivity index (χ0v) is 15.0. The van der Waals surface area contributed by atoms with Crippen molar-refractivity contribution < 1.29 is 17.9 Å². The second-order valence-electron chi connectivity index (χ2n) is 5.68. The lowest BCUT2D eigenvalue weighted by molar-refractivity contribution is -0.114. The molecule has 134 valence electrons. The third-order valence-corrected chi connectivity index (χ3v) is 4.81. The van der Waals surface area contributed by atoms with Crippen LogP contribution in [0.25, 0.3) is 6.08 Å². The highest BCUT2D eigenvalue weighted by atomic mass is 32.2. The number of hydrazone groups is 1. The van der Waals surface area contributed by atoms with E-state index in [9.17, 15) is 13.2 Å². The van der Waals surface area contributed by atoms with Crippen molar-refractivity contribution in [3.05, 3.63) is 59.7 Å². The largest absolute Gasteiger partial charge is 0.497 e. The van der Waals surface area contributed by atoms with E-state index in [4.69, 9.17) is 9.88 Å². The molecular formula is C18H17N3O4S. The Morgan fingerprint density at radius 1 is 1.15 bits per heavy atom. The normalized spacial score (nSPS) is 16.1. The standard InChI is InChI=1S/C18H17N3O4S/c1-12-17(11-13-4-3-5-15(10-13)25-2)18(22)21(20-12)14-6-8-16(9-7-14)26(19,23)24/h3-11H,1-2H3,(H2,19,23,24). The molecule has 1 amide bonds. The maximum absolute atomic E-state index is 12.7. The average molecular weight is 371 g/mol. The summed E-state index contributed by atoms with van der Waals surface area (Å²) < 4.78 is 27.9. The fourth-order valence-electron chi connectivity index (χ4n) is 2.53. The van der Waals surface area contributed by atoms with Crippen LogP contribution in [0.2, 0.25) is 0 Å². The summed E-state index contributed by atoms with van der Waals surface area (Å²) in [6.07, 6.45) is 1.74. The van der Waals surface area contributed by atoms with Crippen molar-refractivity contribution in [1.29, 1.82) is 0 Å². The van der Waals surface area contributed by atoms with E-state index in [0.29, 0.717) is 22.7 Å². The van der Waals surface area contributed by atoms with Crippen molar-refractivity contribution >= 4 is 33.4 Å². The molecule has 2 aromatic rings. The highest BCUT2D eigenvalue weighted by molar-refractivity contribution is 7.89. The van der Waals surface area contributed by atoms with E-state index in [1.54, 1.807) is 20.1 Å². The van der Waals surface area contributed by atoms with Crippen molar-refractivity contribution in [3.8, 4) is 5.75 Å². The number of hydrogen-bond donors (Lipinski definition) is 1. The first kappa shape index (κ1) is 17.8. The maximum atomic E-state index is 12.7. The Morgan fingerprint density at radius 2 is 1.85 bits per heavy atom. The van der Waals surface area contributed by atoms with Crippen LogP contribution in [0.4, 0.5) is 5.69 Å². The third kappa shape index (κ3) is 3.51. The summed E-state index contributed by atoms with van der Waals surface area (Å²) in [5, 5.41) is 10.6. The molecule has 1 heterocycles. The first-order chi connectivity index (χ1) is 12.3. The molecule has 0 bridgehead atoms. The predicted molar refractivity (Wildman–Crippen MR) is 99.4 cm³/mol. The number of benzene rings is 2. The monoisotopic (exact) mass is 371 g/mol. The van der Waals surface area contributed by atoms with Gasteiger partial charge in [0.25, 0.3) is 5.91 Å². The van der Waals surface area contributed by atoms with E-state index in [0.717, 1.165) is 5.56 Å². The number of nitrogens with two attached hydrogens (primary N) is 1. The van der Waals surface area contributed by atoms with Gasteiger partial charge in [-0.3, -0.25) is 4.79 Å². The number of nitrogens with zero attached hydrogens (tertiary/aromatic N) is 2. The van der Waals surface area contributed by atoms with Gasteiger partial charge in [0.2, 0.25) is 10.0 Å². The van der Waals surface area contributed by atoms with E-state index < -0.39 is 10.0 Å². The van der Waals surface area contributed by atoms with Gasteiger partial charge in [0.1, 0.15) is 5.75 Å². The van der Waals surface area contributed by atoms with Crippen LogP contribution in [0, 0.1) is 0 Å². The minimum Gasteiger partial charge on any atom is -0.497 e. The fourth-order valence-corrected chi connectivity index (χ4v) is 3.05. The SMILES string of the molecule is COc1cccc(C=C2C(=O)N(c3ccc(S(N)(=O)=O)cc3)N=C2C)c1. The highest BCUT2D eigenvalue weighted by Crippen LogP contribution is 2.26. The summed E-state index contributed by atoms with van der Waals surface area (Å²) in [5.74, 6) is 0.392. The summed E-state index contributed by atoms with van der Waals surface area (Å²) in [7, 11) is -2.21. The molecule has 2 aromatic carbocycles. The fraction of sp³-hybridized carbons (Fsp3) is 0.111. The molecule has 0 unspecified atom stereocenters. The molecule has 26 heavy (non-hydrogen) atoms. The molecule has 3 rings (SSSR count). The van der Waals surface area contributed by atoms with Crippen LogP contribution in [-0.2, 0) is 14.8 Å². The van der Waals surface area contributed by atoms with Gasteiger partial charge in [0.05, 0.1) is 29.0 Å². The Morgan fingerprint density at radius 3 is 2.46 bits per heavy atom. The molecule has 0 atom stereocenters. The minimum atomic E-state index is -3.79. The van der Waals surface area contributed by atoms with E-state index in [-0.39, 0.29) is 10.8 Å². The summed E-state index contributed by atoms with van der Waals surface area (Å²) in [6.45, 7) is 1.74. The molecular weight excluding hydrogens is 354 g/mol. The summed E-state index contributed by atoms with van der Waals surface area (Å²) in [6, 6.07) is 13.0. The van der Waals surface area contributed by atoms with Crippen LogP contribution >= 0.6 is 0 Å². The number of primary sulfonamides is 1. The molecule has 0 aliphatic carbocycles. The molecule has 0 saturated heterocycles. The first-order valence-corrected chi connectivity index (χ1v) is 9.23. The number of carbonyl (C=O) groups is 1.